The highest BCUT2D eigenvalue weighted by molar-refractivity contribution is 5.88. The summed E-state index contributed by atoms with van der Waals surface area (Å²) < 4.78 is 6.72. The number of aryl methyl sites for hydroxylation is 1. The molecule has 2 aromatic heterocycles. The molecule has 8 heteroatoms. The van der Waals surface area contributed by atoms with Gasteiger partial charge in [0.2, 0.25) is 0 Å². The van der Waals surface area contributed by atoms with Gasteiger partial charge in [0.25, 0.3) is 0 Å². The van der Waals surface area contributed by atoms with Gasteiger partial charge >= 0.3 is 12.0 Å². The first-order chi connectivity index (χ1) is 8.97. The number of carboxylic acids is 1. The van der Waals surface area contributed by atoms with Gasteiger partial charge in [-0.25, -0.2) is 14.8 Å². The van der Waals surface area contributed by atoms with Crippen LogP contribution in [0.25, 0.3) is 0 Å². The summed E-state index contributed by atoms with van der Waals surface area (Å²) in [5.74, 6) is -0.697. The Labute approximate surface area is 109 Å². The Morgan fingerprint density at radius 1 is 1.42 bits per heavy atom. The van der Waals surface area contributed by atoms with Crippen LogP contribution in [0.2, 0.25) is 0 Å². The van der Waals surface area contributed by atoms with Crippen molar-refractivity contribution >= 4 is 5.97 Å². The Balaban J connectivity index is 2.36. The van der Waals surface area contributed by atoms with Crippen LogP contribution in [-0.4, -0.2) is 35.8 Å². The standard InChI is InChI=1S/C11H13N5O3/c1-6(2)9-12-4-7(8(14-9)10(17)18)19-11-13-5-16(3)15-11/h4-6H,1-3H3,(H,17,18). The number of hydrogen-bond donors (Lipinski definition) is 1. The zero-order valence-corrected chi connectivity index (χ0v) is 10.7. The van der Waals surface area contributed by atoms with Crippen LogP contribution >= 0.6 is 0 Å². The molecule has 2 heterocycles. The molecule has 1 N–H and O–H groups in total. The van der Waals surface area contributed by atoms with E-state index in [0.717, 1.165) is 0 Å². The lowest BCUT2D eigenvalue weighted by molar-refractivity contribution is 0.0686. The fraction of sp³-hybridized carbons (Fsp3) is 0.364. The van der Waals surface area contributed by atoms with Crippen molar-refractivity contribution in [2.24, 2.45) is 7.05 Å². The summed E-state index contributed by atoms with van der Waals surface area (Å²) in [7, 11) is 1.68. The number of carbonyl (C=O) groups is 1. The van der Waals surface area contributed by atoms with Crippen LogP contribution in [0.1, 0.15) is 36.1 Å². The summed E-state index contributed by atoms with van der Waals surface area (Å²) in [5, 5.41) is 13.0. The van der Waals surface area contributed by atoms with E-state index >= 15 is 0 Å². The van der Waals surface area contributed by atoms with Crippen molar-refractivity contribution in [3.63, 3.8) is 0 Å². The first-order valence-corrected chi connectivity index (χ1v) is 5.61. The Morgan fingerprint density at radius 2 is 2.16 bits per heavy atom. The summed E-state index contributed by atoms with van der Waals surface area (Å²) in [6, 6.07) is 0.0471. The predicted molar refractivity (Wildman–Crippen MR) is 64.2 cm³/mol. The molecular weight excluding hydrogens is 250 g/mol. The molecule has 0 spiro atoms. The Kier molecular flexibility index (Phi) is 3.41. The topological polar surface area (TPSA) is 103 Å². The van der Waals surface area contributed by atoms with Crippen molar-refractivity contribution in [2.75, 3.05) is 0 Å². The third-order valence-electron chi connectivity index (χ3n) is 2.27. The average Bonchev–Trinajstić information content (AvgIpc) is 2.74. The van der Waals surface area contributed by atoms with Crippen LogP contribution < -0.4 is 4.74 Å². The van der Waals surface area contributed by atoms with E-state index in [-0.39, 0.29) is 23.4 Å². The van der Waals surface area contributed by atoms with E-state index in [1.54, 1.807) is 7.05 Å². The molecule has 0 aliphatic rings. The third kappa shape index (κ3) is 2.84. The molecule has 2 aromatic rings. The minimum absolute atomic E-state index is 0.0168. The van der Waals surface area contributed by atoms with Gasteiger partial charge in [-0.15, -0.1) is 5.10 Å². The molecular formula is C11H13N5O3. The minimum atomic E-state index is -1.18. The second kappa shape index (κ2) is 5.01. The number of aromatic nitrogens is 5. The van der Waals surface area contributed by atoms with Crippen molar-refractivity contribution in [1.82, 2.24) is 24.7 Å². The highest BCUT2D eigenvalue weighted by Crippen LogP contribution is 2.22. The molecule has 0 amide bonds. The number of rotatable bonds is 4. The van der Waals surface area contributed by atoms with E-state index in [2.05, 4.69) is 20.1 Å². The van der Waals surface area contributed by atoms with E-state index in [9.17, 15) is 4.79 Å². The summed E-state index contributed by atoms with van der Waals surface area (Å²) >= 11 is 0. The molecule has 0 aliphatic heterocycles. The average molecular weight is 263 g/mol. The summed E-state index contributed by atoms with van der Waals surface area (Å²) in [4.78, 5) is 23.1. The van der Waals surface area contributed by atoms with E-state index in [4.69, 9.17) is 9.84 Å². The minimum Gasteiger partial charge on any atom is -0.476 e. The van der Waals surface area contributed by atoms with Gasteiger partial charge in [-0.1, -0.05) is 13.8 Å². The highest BCUT2D eigenvalue weighted by Gasteiger charge is 2.18. The quantitative estimate of drug-likeness (QED) is 0.884. The smallest absolute Gasteiger partial charge is 0.358 e. The molecule has 0 unspecified atom stereocenters. The normalized spacial score (nSPS) is 10.7. The lowest BCUT2D eigenvalue weighted by atomic mass is 10.2. The van der Waals surface area contributed by atoms with Crippen molar-refractivity contribution in [1.29, 1.82) is 0 Å². The van der Waals surface area contributed by atoms with Crippen molar-refractivity contribution < 1.29 is 14.6 Å². The maximum absolute atomic E-state index is 11.2. The first kappa shape index (κ1) is 12.9. The maximum atomic E-state index is 11.2. The van der Waals surface area contributed by atoms with E-state index < -0.39 is 5.97 Å². The second-order valence-electron chi connectivity index (χ2n) is 4.20. The fourth-order valence-corrected chi connectivity index (χ4v) is 1.36. The Bertz CT molecular complexity index is 608. The van der Waals surface area contributed by atoms with Gasteiger partial charge in [0.1, 0.15) is 12.2 Å². The number of aromatic carboxylic acids is 1. The SMILES string of the molecule is CC(C)c1ncc(Oc2ncn(C)n2)c(C(=O)O)n1. The molecule has 100 valence electrons. The second-order valence-corrected chi connectivity index (χ2v) is 4.20. The summed E-state index contributed by atoms with van der Waals surface area (Å²) in [6.45, 7) is 3.75. The van der Waals surface area contributed by atoms with Gasteiger partial charge < -0.3 is 9.84 Å². The van der Waals surface area contributed by atoms with Gasteiger partial charge in [0.15, 0.2) is 11.4 Å². The molecule has 8 nitrogen and oxygen atoms in total. The van der Waals surface area contributed by atoms with Crippen molar-refractivity contribution in [2.45, 2.75) is 19.8 Å². The van der Waals surface area contributed by atoms with Gasteiger partial charge in [0.05, 0.1) is 6.20 Å². The van der Waals surface area contributed by atoms with Gasteiger partial charge in [-0.2, -0.15) is 4.98 Å². The lowest BCUT2D eigenvalue weighted by Crippen LogP contribution is -2.09. The summed E-state index contributed by atoms with van der Waals surface area (Å²) in [6.07, 6.45) is 2.77. The number of carboxylic acid groups (broad SMARTS) is 1. The van der Waals surface area contributed by atoms with E-state index in [0.29, 0.717) is 5.82 Å². The first-order valence-electron chi connectivity index (χ1n) is 5.61. The van der Waals surface area contributed by atoms with Crippen LogP contribution in [0.4, 0.5) is 0 Å². The van der Waals surface area contributed by atoms with Crippen LogP contribution in [0, 0.1) is 0 Å². The molecule has 0 fully saturated rings. The number of nitrogens with zero attached hydrogens (tertiary/aromatic N) is 5. The van der Waals surface area contributed by atoms with Crippen molar-refractivity contribution in [3.8, 4) is 11.8 Å². The Hall–Kier alpha value is -2.51. The molecule has 0 atom stereocenters. The zero-order valence-electron chi connectivity index (χ0n) is 10.7. The van der Waals surface area contributed by atoms with Crippen LogP contribution in [0.5, 0.6) is 11.8 Å². The van der Waals surface area contributed by atoms with Gasteiger partial charge in [0, 0.05) is 13.0 Å². The molecule has 0 saturated heterocycles. The molecule has 0 aromatic carbocycles. The highest BCUT2D eigenvalue weighted by atomic mass is 16.5. The predicted octanol–water partition coefficient (Wildman–Crippen LogP) is 1.22. The number of hydrogen-bond acceptors (Lipinski definition) is 6. The molecule has 0 bridgehead atoms. The molecule has 0 saturated carbocycles. The van der Waals surface area contributed by atoms with Crippen LogP contribution in [0.3, 0.4) is 0 Å². The van der Waals surface area contributed by atoms with Gasteiger partial charge in [-0.3, -0.25) is 4.68 Å². The number of ether oxygens (including phenoxy) is 1. The lowest BCUT2D eigenvalue weighted by Gasteiger charge is -2.08. The largest absolute Gasteiger partial charge is 0.476 e. The van der Waals surface area contributed by atoms with E-state index in [1.807, 2.05) is 13.8 Å². The van der Waals surface area contributed by atoms with Crippen molar-refractivity contribution in [3.05, 3.63) is 24.0 Å². The Morgan fingerprint density at radius 3 is 2.68 bits per heavy atom. The monoisotopic (exact) mass is 263 g/mol. The molecule has 2 rings (SSSR count). The summed E-state index contributed by atoms with van der Waals surface area (Å²) in [5.41, 5.74) is -0.203. The van der Waals surface area contributed by atoms with Crippen LogP contribution in [-0.2, 0) is 7.05 Å². The molecule has 0 aliphatic carbocycles. The van der Waals surface area contributed by atoms with Crippen LogP contribution in [0.15, 0.2) is 12.5 Å². The molecule has 19 heavy (non-hydrogen) atoms. The fourth-order valence-electron chi connectivity index (χ4n) is 1.36. The zero-order chi connectivity index (χ0) is 14.0. The molecule has 0 radical (unpaired) electrons. The maximum Gasteiger partial charge on any atom is 0.358 e. The van der Waals surface area contributed by atoms with E-state index in [1.165, 1.54) is 17.2 Å². The third-order valence-corrected chi connectivity index (χ3v) is 2.27. The van der Waals surface area contributed by atoms with Gasteiger partial charge in [-0.05, 0) is 0 Å².